The third kappa shape index (κ3) is 5.12. The molecule has 1 aliphatic rings. The molecule has 0 unspecified atom stereocenters. The van der Waals surface area contributed by atoms with Gasteiger partial charge in [0.1, 0.15) is 12.0 Å². The molecule has 1 aromatic carbocycles. The largest absolute Gasteiger partial charge is 0.494 e. The van der Waals surface area contributed by atoms with Crippen molar-refractivity contribution in [1.82, 2.24) is 10.2 Å². The summed E-state index contributed by atoms with van der Waals surface area (Å²) in [4.78, 5) is 26.4. The van der Waals surface area contributed by atoms with Gasteiger partial charge in [-0.25, -0.2) is 0 Å². The van der Waals surface area contributed by atoms with Gasteiger partial charge in [0.15, 0.2) is 0 Å². The van der Waals surface area contributed by atoms with E-state index in [2.05, 4.69) is 5.32 Å². The van der Waals surface area contributed by atoms with Crippen molar-refractivity contribution in [3.05, 3.63) is 54.0 Å². The van der Waals surface area contributed by atoms with E-state index in [1.807, 2.05) is 36.1 Å². The van der Waals surface area contributed by atoms with Crippen molar-refractivity contribution in [2.24, 2.45) is 0 Å². The SMILES string of the molecule is CCOc1ccccc1CCC(=O)NC1CCN(C(=O)c2ccoc2)CC1. The molecule has 0 atom stereocenters. The van der Waals surface area contributed by atoms with Gasteiger partial charge in [-0.3, -0.25) is 9.59 Å². The molecule has 27 heavy (non-hydrogen) atoms. The van der Waals surface area contributed by atoms with Gasteiger partial charge in [0.25, 0.3) is 5.91 Å². The van der Waals surface area contributed by atoms with Crippen LogP contribution in [0.3, 0.4) is 0 Å². The number of nitrogens with one attached hydrogen (secondary N) is 1. The number of furan rings is 1. The fraction of sp³-hybridized carbons (Fsp3) is 0.429. The van der Waals surface area contributed by atoms with Crippen molar-refractivity contribution < 1.29 is 18.7 Å². The van der Waals surface area contributed by atoms with E-state index in [1.54, 1.807) is 6.07 Å². The molecule has 6 nitrogen and oxygen atoms in total. The van der Waals surface area contributed by atoms with E-state index in [4.69, 9.17) is 9.15 Å². The molecule has 1 N–H and O–H groups in total. The lowest BCUT2D eigenvalue weighted by atomic mass is 10.0. The zero-order valence-corrected chi connectivity index (χ0v) is 15.6. The van der Waals surface area contributed by atoms with E-state index in [1.165, 1.54) is 12.5 Å². The molecule has 1 fully saturated rings. The minimum Gasteiger partial charge on any atom is -0.494 e. The lowest BCUT2D eigenvalue weighted by Crippen LogP contribution is -2.46. The second-order valence-corrected chi connectivity index (χ2v) is 6.69. The Bertz CT molecular complexity index is 749. The van der Waals surface area contributed by atoms with Crippen molar-refractivity contribution in [3.8, 4) is 5.75 Å². The zero-order chi connectivity index (χ0) is 19.1. The standard InChI is InChI=1S/C21H26N2O4/c1-2-27-19-6-4-3-5-16(19)7-8-20(24)22-18-9-12-23(13-10-18)21(25)17-11-14-26-15-17/h3-6,11,14-15,18H,2,7-10,12-13H2,1H3,(H,22,24). The van der Waals surface area contributed by atoms with Crippen LogP contribution in [0.1, 0.15) is 42.1 Å². The molecule has 3 rings (SSSR count). The normalized spacial score (nSPS) is 14.8. The van der Waals surface area contributed by atoms with Crippen LogP contribution in [0.4, 0.5) is 0 Å². The van der Waals surface area contributed by atoms with Crippen molar-refractivity contribution in [3.63, 3.8) is 0 Å². The molecule has 2 heterocycles. The summed E-state index contributed by atoms with van der Waals surface area (Å²) in [5.74, 6) is 0.876. The second-order valence-electron chi connectivity index (χ2n) is 6.69. The van der Waals surface area contributed by atoms with Gasteiger partial charge >= 0.3 is 0 Å². The first kappa shape index (κ1) is 19.0. The summed E-state index contributed by atoms with van der Waals surface area (Å²) < 4.78 is 10.6. The number of rotatable bonds is 7. The van der Waals surface area contributed by atoms with Crippen molar-refractivity contribution >= 4 is 11.8 Å². The zero-order valence-electron chi connectivity index (χ0n) is 15.6. The highest BCUT2D eigenvalue weighted by Gasteiger charge is 2.25. The Labute approximate surface area is 159 Å². The van der Waals surface area contributed by atoms with Crippen molar-refractivity contribution in [2.75, 3.05) is 19.7 Å². The van der Waals surface area contributed by atoms with Crippen LogP contribution in [0.25, 0.3) is 0 Å². The topological polar surface area (TPSA) is 71.8 Å². The third-order valence-electron chi connectivity index (χ3n) is 4.81. The monoisotopic (exact) mass is 370 g/mol. The van der Waals surface area contributed by atoms with Crippen molar-refractivity contribution in [2.45, 2.75) is 38.6 Å². The summed E-state index contributed by atoms with van der Waals surface area (Å²) >= 11 is 0. The predicted octanol–water partition coefficient (Wildman–Crippen LogP) is 3.03. The van der Waals surface area contributed by atoms with Crippen LogP contribution < -0.4 is 10.1 Å². The van der Waals surface area contributed by atoms with Gasteiger partial charge in [-0.1, -0.05) is 18.2 Å². The molecule has 6 heteroatoms. The molecule has 1 aliphatic heterocycles. The van der Waals surface area contributed by atoms with Crippen LogP contribution in [0.2, 0.25) is 0 Å². The summed E-state index contributed by atoms with van der Waals surface area (Å²) in [6, 6.07) is 9.63. The Morgan fingerprint density at radius 3 is 2.70 bits per heavy atom. The fourth-order valence-corrected chi connectivity index (χ4v) is 3.35. The summed E-state index contributed by atoms with van der Waals surface area (Å²) in [6.45, 7) is 3.84. The van der Waals surface area contributed by atoms with Gasteiger partial charge in [-0.05, 0) is 43.9 Å². The smallest absolute Gasteiger partial charge is 0.257 e. The predicted molar refractivity (Wildman–Crippen MR) is 102 cm³/mol. The van der Waals surface area contributed by atoms with E-state index in [0.717, 1.165) is 24.2 Å². The van der Waals surface area contributed by atoms with Crippen LogP contribution in [-0.4, -0.2) is 42.5 Å². The first-order valence-electron chi connectivity index (χ1n) is 9.49. The quantitative estimate of drug-likeness (QED) is 0.813. The highest BCUT2D eigenvalue weighted by Crippen LogP contribution is 2.20. The molecule has 144 valence electrons. The van der Waals surface area contributed by atoms with E-state index in [9.17, 15) is 9.59 Å². The number of hydrogen-bond acceptors (Lipinski definition) is 4. The summed E-state index contributed by atoms with van der Waals surface area (Å²) in [5, 5.41) is 3.10. The summed E-state index contributed by atoms with van der Waals surface area (Å²) in [7, 11) is 0. The average Bonchev–Trinajstić information content (AvgIpc) is 3.22. The summed E-state index contributed by atoms with van der Waals surface area (Å²) in [6.07, 6.45) is 5.59. The second kappa shape index (κ2) is 9.26. The Morgan fingerprint density at radius 2 is 2.00 bits per heavy atom. The first-order chi connectivity index (χ1) is 13.2. The lowest BCUT2D eigenvalue weighted by Gasteiger charge is -2.32. The Hall–Kier alpha value is -2.76. The number of hydrogen-bond donors (Lipinski definition) is 1. The Balaban J connectivity index is 1.43. The number of ether oxygens (including phenoxy) is 1. The highest BCUT2D eigenvalue weighted by molar-refractivity contribution is 5.93. The highest BCUT2D eigenvalue weighted by atomic mass is 16.5. The molecule has 0 saturated carbocycles. The Kier molecular flexibility index (Phi) is 6.52. The van der Waals surface area contributed by atoms with Crippen LogP contribution in [0.15, 0.2) is 47.3 Å². The Morgan fingerprint density at radius 1 is 1.22 bits per heavy atom. The minimum absolute atomic E-state index is 0.0129. The van der Waals surface area contributed by atoms with E-state index in [0.29, 0.717) is 38.1 Å². The van der Waals surface area contributed by atoms with Crippen LogP contribution >= 0.6 is 0 Å². The number of likely N-dealkylation sites (tertiary alicyclic amines) is 1. The summed E-state index contributed by atoms with van der Waals surface area (Å²) in [5.41, 5.74) is 1.63. The number of nitrogens with zero attached hydrogens (tertiary/aromatic N) is 1. The van der Waals surface area contributed by atoms with Gasteiger partial charge in [-0.15, -0.1) is 0 Å². The number of benzene rings is 1. The average molecular weight is 370 g/mol. The number of carbonyl (C=O) groups is 2. The van der Waals surface area contributed by atoms with E-state index in [-0.39, 0.29) is 17.9 Å². The molecule has 2 amide bonds. The molecule has 0 spiro atoms. The van der Waals surface area contributed by atoms with Gasteiger partial charge < -0.3 is 19.4 Å². The third-order valence-corrected chi connectivity index (χ3v) is 4.81. The maximum atomic E-state index is 12.3. The molecular weight excluding hydrogens is 344 g/mol. The van der Waals surface area contributed by atoms with Gasteiger partial charge in [0.2, 0.25) is 5.91 Å². The number of carbonyl (C=O) groups excluding carboxylic acids is 2. The van der Waals surface area contributed by atoms with Crippen LogP contribution in [0.5, 0.6) is 5.75 Å². The molecular formula is C21H26N2O4. The molecule has 0 bridgehead atoms. The fourth-order valence-electron chi connectivity index (χ4n) is 3.35. The van der Waals surface area contributed by atoms with Crippen molar-refractivity contribution in [1.29, 1.82) is 0 Å². The lowest BCUT2D eigenvalue weighted by molar-refractivity contribution is -0.122. The van der Waals surface area contributed by atoms with E-state index >= 15 is 0 Å². The number of aryl methyl sites for hydroxylation is 1. The van der Waals surface area contributed by atoms with Gasteiger partial charge in [0, 0.05) is 25.6 Å². The molecule has 0 aliphatic carbocycles. The number of para-hydroxylation sites is 1. The number of piperidine rings is 1. The molecule has 2 aromatic rings. The maximum absolute atomic E-state index is 12.3. The maximum Gasteiger partial charge on any atom is 0.257 e. The van der Waals surface area contributed by atoms with Crippen LogP contribution in [0, 0.1) is 0 Å². The molecule has 0 radical (unpaired) electrons. The molecule has 1 saturated heterocycles. The van der Waals surface area contributed by atoms with Gasteiger partial charge in [0.05, 0.1) is 18.4 Å². The number of amides is 2. The molecule has 1 aromatic heterocycles. The van der Waals surface area contributed by atoms with Gasteiger partial charge in [-0.2, -0.15) is 0 Å². The van der Waals surface area contributed by atoms with E-state index < -0.39 is 0 Å². The first-order valence-corrected chi connectivity index (χ1v) is 9.49. The van der Waals surface area contributed by atoms with Crippen LogP contribution in [-0.2, 0) is 11.2 Å². The minimum atomic E-state index is -0.0129.